The first-order valence-corrected chi connectivity index (χ1v) is 8.30. The third-order valence-electron chi connectivity index (χ3n) is 3.79. The van der Waals surface area contributed by atoms with Crippen molar-refractivity contribution >= 4 is 15.9 Å². The van der Waals surface area contributed by atoms with E-state index in [1.807, 2.05) is 24.3 Å². The maximum atomic E-state index is 5.84. The molecule has 1 aliphatic rings. The fourth-order valence-corrected chi connectivity index (χ4v) is 2.97. The maximum Gasteiger partial charge on any atom is 0.120 e. The van der Waals surface area contributed by atoms with E-state index in [1.165, 1.54) is 19.4 Å². The van der Waals surface area contributed by atoms with Crippen LogP contribution in [0.15, 0.2) is 28.7 Å². The Balaban J connectivity index is 1.76. The van der Waals surface area contributed by atoms with Gasteiger partial charge in [-0.1, -0.05) is 22.0 Å². The Morgan fingerprint density at radius 3 is 2.95 bits per heavy atom. The SMILES string of the molecule is CC(C)N(CCOc1cccc(Br)c1)CC1CCCN1. The van der Waals surface area contributed by atoms with Gasteiger partial charge in [0.2, 0.25) is 0 Å². The maximum absolute atomic E-state index is 5.84. The predicted molar refractivity (Wildman–Crippen MR) is 87.4 cm³/mol. The lowest BCUT2D eigenvalue weighted by Crippen LogP contribution is -2.43. The number of halogens is 1. The molecular weight excluding hydrogens is 316 g/mol. The number of benzene rings is 1. The van der Waals surface area contributed by atoms with Crippen LogP contribution in [-0.2, 0) is 0 Å². The Hall–Kier alpha value is -0.580. The van der Waals surface area contributed by atoms with Crippen molar-refractivity contribution in [3.05, 3.63) is 28.7 Å². The van der Waals surface area contributed by atoms with Gasteiger partial charge in [0, 0.05) is 29.6 Å². The van der Waals surface area contributed by atoms with Gasteiger partial charge in [-0.05, 0) is 51.4 Å². The summed E-state index contributed by atoms with van der Waals surface area (Å²) in [6, 6.07) is 9.24. The van der Waals surface area contributed by atoms with Crippen molar-refractivity contribution in [3.63, 3.8) is 0 Å². The van der Waals surface area contributed by atoms with Gasteiger partial charge in [0.25, 0.3) is 0 Å². The summed E-state index contributed by atoms with van der Waals surface area (Å²) in [4.78, 5) is 2.50. The number of nitrogens with one attached hydrogen (secondary N) is 1. The van der Waals surface area contributed by atoms with Crippen molar-refractivity contribution in [2.75, 3.05) is 26.2 Å². The second-order valence-corrected chi connectivity index (χ2v) is 6.60. The van der Waals surface area contributed by atoms with Crippen LogP contribution in [0.25, 0.3) is 0 Å². The molecule has 20 heavy (non-hydrogen) atoms. The Labute approximate surface area is 130 Å². The Morgan fingerprint density at radius 1 is 1.45 bits per heavy atom. The molecule has 3 nitrogen and oxygen atoms in total. The molecular formula is C16H25BrN2O. The van der Waals surface area contributed by atoms with E-state index in [2.05, 4.69) is 40.0 Å². The molecule has 0 saturated carbocycles. The lowest BCUT2D eigenvalue weighted by molar-refractivity contribution is 0.164. The summed E-state index contributed by atoms with van der Waals surface area (Å²) in [5.74, 6) is 0.932. The molecule has 0 amide bonds. The molecule has 0 spiro atoms. The van der Waals surface area contributed by atoms with Crippen molar-refractivity contribution in [3.8, 4) is 5.75 Å². The van der Waals surface area contributed by atoms with Crippen LogP contribution in [0.2, 0.25) is 0 Å². The van der Waals surface area contributed by atoms with E-state index in [0.717, 1.165) is 29.9 Å². The van der Waals surface area contributed by atoms with E-state index in [0.29, 0.717) is 12.1 Å². The summed E-state index contributed by atoms with van der Waals surface area (Å²) in [6.07, 6.45) is 2.61. The summed E-state index contributed by atoms with van der Waals surface area (Å²) >= 11 is 3.47. The molecule has 0 radical (unpaired) electrons. The van der Waals surface area contributed by atoms with Crippen LogP contribution in [0.4, 0.5) is 0 Å². The lowest BCUT2D eigenvalue weighted by atomic mass is 10.2. The van der Waals surface area contributed by atoms with Crippen molar-refractivity contribution in [1.82, 2.24) is 10.2 Å². The zero-order valence-electron chi connectivity index (χ0n) is 12.4. The minimum atomic E-state index is 0.559. The second-order valence-electron chi connectivity index (χ2n) is 5.69. The molecule has 1 N–H and O–H groups in total. The molecule has 1 aliphatic heterocycles. The normalized spacial score (nSPS) is 18.9. The van der Waals surface area contributed by atoms with Crippen LogP contribution in [0.5, 0.6) is 5.75 Å². The fourth-order valence-electron chi connectivity index (χ4n) is 2.59. The minimum Gasteiger partial charge on any atom is -0.492 e. The van der Waals surface area contributed by atoms with Crippen molar-refractivity contribution in [1.29, 1.82) is 0 Å². The zero-order valence-corrected chi connectivity index (χ0v) is 14.0. The largest absolute Gasteiger partial charge is 0.492 e. The molecule has 2 rings (SSSR count). The van der Waals surface area contributed by atoms with E-state index in [9.17, 15) is 0 Å². The second kappa shape index (κ2) is 8.01. The van der Waals surface area contributed by atoms with E-state index >= 15 is 0 Å². The Kier molecular flexibility index (Phi) is 6.33. The van der Waals surface area contributed by atoms with Crippen LogP contribution in [0.3, 0.4) is 0 Å². The van der Waals surface area contributed by atoms with Gasteiger partial charge in [-0.25, -0.2) is 0 Å². The first kappa shape index (κ1) is 15.8. The predicted octanol–water partition coefficient (Wildman–Crippen LogP) is 3.29. The first-order chi connectivity index (χ1) is 9.65. The molecule has 4 heteroatoms. The monoisotopic (exact) mass is 340 g/mol. The molecule has 1 aromatic rings. The van der Waals surface area contributed by atoms with Crippen molar-refractivity contribution in [2.24, 2.45) is 0 Å². The molecule has 1 fully saturated rings. The number of rotatable bonds is 7. The highest BCUT2D eigenvalue weighted by atomic mass is 79.9. The average Bonchev–Trinajstić information content (AvgIpc) is 2.90. The molecule has 1 saturated heterocycles. The standard InChI is InChI=1S/C16H25BrN2O/c1-13(2)19(12-15-6-4-8-18-15)9-10-20-16-7-3-5-14(17)11-16/h3,5,7,11,13,15,18H,4,6,8-10,12H2,1-2H3. The van der Waals surface area contributed by atoms with Crippen LogP contribution < -0.4 is 10.1 Å². The molecule has 1 atom stereocenters. The van der Waals surface area contributed by atoms with E-state index in [-0.39, 0.29) is 0 Å². The quantitative estimate of drug-likeness (QED) is 0.824. The van der Waals surface area contributed by atoms with Crippen LogP contribution >= 0.6 is 15.9 Å². The van der Waals surface area contributed by atoms with Gasteiger partial charge in [-0.2, -0.15) is 0 Å². The van der Waals surface area contributed by atoms with Crippen molar-refractivity contribution < 1.29 is 4.74 Å². The topological polar surface area (TPSA) is 24.5 Å². The first-order valence-electron chi connectivity index (χ1n) is 7.51. The highest BCUT2D eigenvalue weighted by molar-refractivity contribution is 9.10. The van der Waals surface area contributed by atoms with Gasteiger partial charge in [0.15, 0.2) is 0 Å². The van der Waals surface area contributed by atoms with Gasteiger partial charge in [-0.15, -0.1) is 0 Å². The fraction of sp³-hybridized carbons (Fsp3) is 0.625. The average molecular weight is 341 g/mol. The zero-order chi connectivity index (χ0) is 14.4. The molecule has 1 heterocycles. The van der Waals surface area contributed by atoms with Gasteiger partial charge in [-0.3, -0.25) is 4.90 Å². The number of nitrogens with zero attached hydrogens (tertiary/aromatic N) is 1. The molecule has 0 aliphatic carbocycles. The van der Waals surface area contributed by atoms with E-state index in [4.69, 9.17) is 4.74 Å². The number of hydrogen-bond acceptors (Lipinski definition) is 3. The number of ether oxygens (including phenoxy) is 1. The van der Waals surface area contributed by atoms with Gasteiger partial charge < -0.3 is 10.1 Å². The molecule has 0 bridgehead atoms. The summed E-state index contributed by atoms with van der Waals surface area (Å²) in [5.41, 5.74) is 0. The third-order valence-corrected chi connectivity index (χ3v) is 4.28. The summed E-state index contributed by atoms with van der Waals surface area (Å²) < 4.78 is 6.90. The summed E-state index contributed by atoms with van der Waals surface area (Å²) in [7, 11) is 0. The van der Waals surface area contributed by atoms with Gasteiger partial charge in [0.05, 0.1) is 0 Å². The Bertz CT molecular complexity index is 405. The third kappa shape index (κ3) is 5.08. The van der Waals surface area contributed by atoms with E-state index < -0.39 is 0 Å². The highest BCUT2D eigenvalue weighted by Gasteiger charge is 2.19. The van der Waals surface area contributed by atoms with Crippen LogP contribution in [-0.4, -0.2) is 43.2 Å². The van der Waals surface area contributed by atoms with Crippen molar-refractivity contribution in [2.45, 2.75) is 38.8 Å². The Morgan fingerprint density at radius 2 is 2.30 bits per heavy atom. The smallest absolute Gasteiger partial charge is 0.120 e. The van der Waals surface area contributed by atoms with Crippen LogP contribution in [0.1, 0.15) is 26.7 Å². The molecule has 0 aromatic heterocycles. The number of hydrogen-bond donors (Lipinski definition) is 1. The van der Waals surface area contributed by atoms with E-state index in [1.54, 1.807) is 0 Å². The highest BCUT2D eigenvalue weighted by Crippen LogP contribution is 2.17. The van der Waals surface area contributed by atoms with Gasteiger partial charge in [0.1, 0.15) is 12.4 Å². The summed E-state index contributed by atoms with van der Waals surface area (Å²) in [6.45, 7) is 8.52. The van der Waals surface area contributed by atoms with Crippen LogP contribution in [0, 0.1) is 0 Å². The molecule has 112 valence electrons. The van der Waals surface area contributed by atoms with Gasteiger partial charge >= 0.3 is 0 Å². The lowest BCUT2D eigenvalue weighted by Gasteiger charge is -2.29. The molecule has 1 unspecified atom stereocenters. The molecule has 1 aromatic carbocycles. The minimum absolute atomic E-state index is 0.559. The summed E-state index contributed by atoms with van der Waals surface area (Å²) in [5, 5.41) is 3.57.